The average molecular weight is 281 g/mol. The van der Waals surface area contributed by atoms with Gasteiger partial charge in [0.25, 0.3) is 0 Å². The second-order valence-corrected chi connectivity index (χ2v) is 5.05. The van der Waals surface area contributed by atoms with Gasteiger partial charge in [-0.25, -0.2) is 9.78 Å². The summed E-state index contributed by atoms with van der Waals surface area (Å²) in [4.78, 5) is 15.8. The van der Waals surface area contributed by atoms with Gasteiger partial charge in [0.15, 0.2) is 0 Å². The van der Waals surface area contributed by atoms with Crippen LogP contribution in [0.15, 0.2) is 6.20 Å². The predicted octanol–water partition coefficient (Wildman–Crippen LogP) is 1.95. The molecule has 0 aliphatic heterocycles. The summed E-state index contributed by atoms with van der Waals surface area (Å²) in [5.41, 5.74) is 2.26. The Bertz CT molecular complexity index is 603. The summed E-state index contributed by atoms with van der Waals surface area (Å²) in [5, 5.41) is 14.2. The first-order valence-corrected chi connectivity index (χ1v) is 6.63. The quantitative estimate of drug-likeness (QED) is 0.906. The molecule has 2 aromatic rings. The number of hydrogen-bond donors (Lipinski definition) is 1. The van der Waals surface area contributed by atoms with Crippen LogP contribution < -0.4 is 0 Å². The summed E-state index contributed by atoms with van der Waals surface area (Å²) >= 11 is 1.16. The topological polar surface area (TPSA) is 77.2 Å². The standard InChI is InChI=1S/C12H15N3O3S/c1-4-8-7(5-15(2)14-8)11-13-9(6-18-3)10(19-11)12(16)17/h5H,4,6H2,1-3H3,(H,16,17). The van der Waals surface area contributed by atoms with Gasteiger partial charge in [-0.05, 0) is 6.42 Å². The molecule has 1 N–H and O–H groups in total. The summed E-state index contributed by atoms with van der Waals surface area (Å²) < 4.78 is 6.70. The molecule has 0 aliphatic carbocycles. The monoisotopic (exact) mass is 281 g/mol. The van der Waals surface area contributed by atoms with Gasteiger partial charge in [-0.15, -0.1) is 11.3 Å². The van der Waals surface area contributed by atoms with E-state index < -0.39 is 5.97 Å². The SMILES string of the molecule is CCc1nn(C)cc1-c1nc(COC)c(C(=O)O)s1. The summed E-state index contributed by atoms with van der Waals surface area (Å²) in [6.45, 7) is 2.20. The zero-order valence-electron chi connectivity index (χ0n) is 11.0. The van der Waals surface area contributed by atoms with Crippen LogP contribution in [0, 0.1) is 0 Å². The van der Waals surface area contributed by atoms with E-state index >= 15 is 0 Å². The fourth-order valence-electron chi connectivity index (χ4n) is 1.84. The molecule has 19 heavy (non-hydrogen) atoms. The molecule has 2 aromatic heterocycles. The minimum absolute atomic E-state index is 0.194. The minimum atomic E-state index is -0.974. The molecule has 0 aromatic carbocycles. The van der Waals surface area contributed by atoms with E-state index in [1.54, 1.807) is 4.68 Å². The molecule has 6 nitrogen and oxygen atoms in total. The maximum absolute atomic E-state index is 11.2. The van der Waals surface area contributed by atoms with E-state index in [4.69, 9.17) is 4.74 Å². The number of aromatic carboxylic acids is 1. The van der Waals surface area contributed by atoms with Gasteiger partial charge in [-0.3, -0.25) is 4.68 Å². The van der Waals surface area contributed by atoms with Gasteiger partial charge in [-0.1, -0.05) is 6.92 Å². The maximum atomic E-state index is 11.2. The van der Waals surface area contributed by atoms with Gasteiger partial charge >= 0.3 is 5.97 Å². The highest BCUT2D eigenvalue weighted by molar-refractivity contribution is 7.17. The number of carboxylic acids is 1. The molecule has 102 valence electrons. The van der Waals surface area contributed by atoms with Gasteiger partial charge < -0.3 is 9.84 Å². The van der Waals surface area contributed by atoms with Crippen molar-refractivity contribution in [2.75, 3.05) is 7.11 Å². The first-order valence-electron chi connectivity index (χ1n) is 5.81. The van der Waals surface area contributed by atoms with E-state index in [0.717, 1.165) is 29.0 Å². The Labute approximate surface area is 114 Å². The van der Waals surface area contributed by atoms with Crippen molar-refractivity contribution >= 4 is 17.3 Å². The van der Waals surface area contributed by atoms with Crippen LogP contribution in [-0.2, 0) is 24.8 Å². The normalized spacial score (nSPS) is 10.9. The lowest BCUT2D eigenvalue weighted by atomic mass is 10.2. The number of hydrogen-bond acceptors (Lipinski definition) is 5. The van der Waals surface area contributed by atoms with Crippen molar-refractivity contribution < 1.29 is 14.6 Å². The van der Waals surface area contributed by atoms with Gasteiger partial charge in [0.1, 0.15) is 9.88 Å². The lowest BCUT2D eigenvalue weighted by molar-refractivity contribution is 0.0697. The van der Waals surface area contributed by atoms with Crippen molar-refractivity contribution in [3.05, 3.63) is 22.5 Å². The van der Waals surface area contributed by atoms with Crippen molar-refractivity contribution in [2.24, 2.45) is 7.05 Å². The maximum Gasteiger partial charge on any atom is 0.347 e. The fraction of sp³-hybridized carbons (Fsp3) is 0.417. The van der Waals surface area contributed by atoms with Crippen LogP contribution in [0.3, 0.4) is 0 Å². The number of methoxy groups -OCH3 is 1. The number of thiazole rings is 1. The molecule has 0 radical (unpaired) electrons. The molecular formula is C12H15N3O3S. The van der Waals surface area contributed by atoms with Gasteiger partial charge in [0.05, 0.1) is 23.6 Å². The molecule has 0 atom stereocenters. The first kappa shape index (κ1) is 13.7. The number of nitrogens with zero attached hydrogens (tertiary/aromatic N) is 3. The third-order valence-corrected chi connectivity index (χ3v) is 3.76. The molecule has 2 heterocycles. The van der Waals surface area contributed by atoms with Crippen LogP contribution in [0.1, 0.15) is 28.0 Å². The second kappa shape index (κ2) is 5.50. The molecule has 0 spiro atoms. The number of aromatic nitrogens is 3. The van der Waals surface area contributed by atoms with Crippen LogP contribution in [-0.4, -0.2) is 33.0 Å². The third kappa shape index (κ3) is 2.66. The summed E-state index contributed by atoms with van der Waals surface area (Å²) in [6, 6.07) is 0. The van der Waals surface area contributed by atoms with Crippen LogP contribution in [0.5, 0.6) is 0 Å². The van der Waals surface area contributed by atoms with Crippen LogP contribution in [0.4, 0.5) is 0 Å². The number of aryl methyl sites for hydroxylation is 2. The number of ether oxygens (including phenoxy) is 1. The molecular weight excluding hydrogens is 266 g/mol. The van der Waals surface area contributed by atoms with Crippen LogP contribution >= 0.6 is 11.3 Å². The van der Waals surface area contributed by atoms with E-state index in [1.807, 2.05) is 20.2 Å². The Morgan fingerprint density at radius 1 is 1.53 bits per heavy atom. The minimum Gasteiger partial charge on any atom is -0.477 e. The zero-order valence-corrected chi connectivity index (χ0v) is 11.8. The number of carboxylic acid groups (broad SMARTS) is 1. The van der Waals surface area contributed by atoms with E-state index in [9.17, 15) is 9.90 Å². The van der Waals surface area contributed by atoms with Crippen molar-refractivity contribution in [2.45, 2.75) is 20.0 Å². The lowest BCUT2D eigenvalue weighted by Gasteiger charge is -1.95. The predicted molar refractivity (Wildman–Crippen MR) is 71.4 cm³/mol. The van der Waals surface area contributed by atoms with E-state index in [2.05, 4.69) is 10.1 Å². The zero-order chi connectivity index (χ0) is 14.0. The molecule has 0 unspecified atom stereocenters. The molecule has 2 rings (SSSR count). The van der Waals surface area contributed by atoms with Crippen molar-refractivity contribution in [1.29, 1.82) is 0 Å². The molecule has 0 saturated carbocycles. The summed E-state index contributed by atoms with van der Waals surface area (Å²) in [6.07, 6.45) is 2.64. The van der Waals surface area contributed by atoms with Gasteiger partial charge in [0, 0.05) is 20.4 Å². The van der Waals surface area contributed by atoms with Crippen molar-refractivity contribution in [1.82, 2.24) is 14.8 Å². The van der Waals surface area contributed by atoms with Gasteiger partial charge in [-0.2, -0.15) is 5.10 Å². The fourth-order valence-corrected chi connectivity index (χ4v) is 2.78. The largest absolute Gasteiger partial charge is 0.477 e. The number of carbonyl (C=O) groups is 1. The molecule has 0 amide bonds. The Morgan fingerprint density at radius 3 is 2.84 bits per heavy atom. The highest BCUT2D eigenvalue weighted by Gasteiger charge is 2.20. The number of rotatable bonds is 5. The van der Waals surface area contributed by atoms with E-state index in [-0.39, 0.29) is 11.5 Å². The molecule has 7 heteroatoms. The molecule has 0 saturated heterocycles. The summed E-state index contributed by atoms with van der Waals surface area (Å²) in [7, 11) is 3.36. The van der Waals surface area contributed by atoms with E-state index in [1.165, 1.54) is 7.11 Å². The Kier molecular flexibility index (Phi) is 3.96. The Balaban J connectivity index is 2.50. The first-order chi connectivity index (χ1) is 9.06. The Hall–Kier alpha value is -1.73. The molecule has 0 bridgehead atoms. The second-order valence-electron chi connectivity index (χ2n) is 4.05. The van der Waals surface area contributed by atoms with Crippen LogP contribution in [0.2, 0.25) is 0 Å². The molecule has 0 aliphatic rings. The van der Waals surface area contributed by atoms with Crippen molar-refractivity contribution in [3.8, 4) is 10.6 Å². The molecule has 0 fully saturated rings. The lowest BCUT2D eigenvalue weighted by Crippen LogP contribution is -1.99. The Morgan fingerprint density at radius 2 is 2.26 bits per heavy atom. The average Bonchev–Trinajstić information content (AvgIpc) is 2.93. The van der Waals surface area contributed by atoms with Gasteiger partial charge in [0.2, 0.25) is 0 Å². The third-order valence-electron chi connectivity index (χ3n) is 2.64. The van der Waals surface area contributed by atoms with E-state index in [0.29, 0.717) is 10.7 Å². The highest BCUT2D eigenvalue weighted by Crippen LogP contribution is 2.30. The smallest absolute Gasteiger partial charge is 0.347 e. The summed E-state index contributed by atoms with van der Waals surface area (Å²) in [5.74, 6) is -0.974. The van der Waals surface area contributed by atoms with Crippen LogP contribution in [0.25, 0.3) is 10.6 Å². The van der Waals surface area contributed by atoms with Crippen molar-refractivity contribution in [3.63, 3.8) is 0 Å². The highest BCUT2D eigenvalue weighted by atomic mass is 32.1.